The molecule has 140 valence electrons. The first kappa shape index (κ1) is 17.6. The minimum Gasteiger partial charge on any atom is -0.468 e. The van der Waals surface area contributed by atoms with Crippen molar-refractivity contribution < 1.29 is 4.42 Å². The number of piperidine rings is 2. The van der Waals surface area contributed by atoms with Crippen molar-refractivity contribution in [2.45, 2.75) is 57.5 Å². The Morgan fingerprint density at radius 1 is 1.00 bits per heavy atom. The summed E-state index contributed by atoms with van der Waals surface area (Å²) in [5.41, 5.74) is 0.668. The maximum atomic E-state index is 5.51. The maximum absolute atomic E-state index is 5.51. The summed E-state index contributed by atoms with van der Waals surface area (Å²) in [6.07, 6.45) is 11.6. The van der Waals surface area contributed by atoms with Crippen molar-refractivity contribution in [1.82, 2.24) is 14.7 Å². The molecule has 3 saturated heterocycles. The highest BCUT2D eigenvalue weighted by Gasteiger charge is 2.37. The summed E-state index contributed by atoms with van der Waals surface area (Å²) in [6.45, 7) is 8.72. The molecule has 0 aliphatic carbocycles. The van der Waals surface area contributed by atoms with E-state index in [-0.39, 0.29) is 0 Å². The first-order chi connectivity index (χ1) is 12.2. The predicted molar refractivity (Wildman–Crippen MR) is 102 cm³/mol. The van der Waals surface area contributed by atoms with Crippen LogP contribution in [0.5, 0.6) is 0 Å². The summed E-state index contributed by atoms with van der Waals surface area (Å²) >= 11 is 0. The van der Waals surface area contributed by atoms with Crippen LogP contribution >= 0.6 is 0 Å². The monoisotopic (exact) mass is 345 g/mol. The molecule has 0 unspecified atom stereocenters. The van der Waals surface area contributed by atoms with Gasteiger partial charge in [-0.25, -0.2) is 0 Å². The van der Waals surface area contributed by atoms with E-state index in [4.69, 9.17) is 4.42 Å². The molecular weight excluding hydrogens is 310 g/mol. The van der Waals surface area contributed by atoms with Gasteiger partial charge in [-0.3, -0.25) is 4.90 Å². The molecule has 1 spiro atoms. The molecule has 1 aromatic heterocycles. The van der Waals surface area contributed by atoms with Gasteiger partial charge < -0.3 is 14.2 Å². The molecule has 0 aromatic carbocycles. The van der Waals surface area contributed by atoms with E-state index in [9.17, 15) is 0 Å². The highest BCUT2D eigenvalue weighted by Crippen LogP contribution is 2.42. The fourth-order valence-electron chi connectivity index (χ4n) is 5.32. The Balaban J connectivity index is 1.23. The lowest BCUT2D eigenvalue weighted by Gasteiger charge is -2.46. The van der Waals surface area contributed by atoms with Gasteiger partial charge in [0.05, 0.1) is 12.8 Å². The standard InChI is InChI=1S/C21H35N3O/c1-22-11-3-7-21(8-14-22)9-15-24(16-10-21)19-5-12-23(13-6-19)18-20-4-2-17-25-20/h2,4,17,19H,3,5-16,18H2,1H3. The Labute approximate surface area is 153 Å². The van der Waals surface area contributed by atoms with E-state index < -0.39 is 0 Å². The summed E-state index contributed by atoms with van der Waals surface area (Å²) in [5.74, 6) is 1.11. The van der Waals surface area contributed by atoms with Gasteiger partial charge in [0.1, 0.15) is 5.76 Å². The number of rotatable bonds is 3. The van der Waals surface area contributed by atoms with Crippen LogP contribution in [0.4, 0.5) is 0 Å². The molecule has 0 atom stereocenters. The third-order valence-corrected chi connectivity index (χ3v) is 7.16. The first-order valence-corrected chi connectivity index (χ1v) is 10.4. The quantitative estimate of drug-likeness (QED) is 0.837. The Morgan fingerprint density at radius 2 is 1.76 bits per heavy atom. The molecule has 25 heavy (non-hydrogen) atoms. The van der Waals surface area contributed by atoms with Gasteiger partial charge >= 0.3 is 0 Å². The van der Waals surface area contributed by atoms with Crippen LogP contribution in [-0.4, -0.2) is 67.1 Å². The van der Waals surface area contributed by atoms with Crippen LogP contribution in [0.2, 0.25) is 0 Å². The third kappa shape index (κ3) is 4.29. The largest absolute Gasteiger partial charge is 0.468 e. The van der Waals surface area contributed by atoms with E-state index in [1.807, 2.05) is 6.07 Å². The highest BCUT2D eigenvalue weighted by molar-refractivity contribution is 4.98. The van der Waals surface area contributed by atoms with Crippen LogP contribution in [0, 0.1) is 5.41 Å². The van der Waals surface area contributed by atoms with Gasteiger partial charge in [-0.15, -0.1) is 0 Å². The summed E-state index contributed by atoms with van der Waals surface area (Å²) in [7, 11) is 2.30. The van der Waals surface area contributed by atoms with Crippen molar-refractivity contribution in [3.63, 3.8) is 0 Å². The zero-order chi connectivity index (χ0) is 17.1. The van der Waals surface area contributed by atoms with Gasteiger partial charge in [-0.1, -0.05) is 0 Å². The Hall–Kier alpha value is -0.840. The van der Waals surface area contributed by atoms with Gasteiger partial charge in [0.2, 0.25) is 0 Å². The number of hydrogen-bond donors (Lipinski definition) is 0. The Kier molecular flexibility index (Phi) is 5.49. The molecule has 4 rings (SSSR count). The molecule has 0 bridgehead atoms. The van der Waals surface area contributed by atoms with E-state index in [1.54, 1.807) is 6.26 Å². The molecule has 0 amide bonds. The van der Waals surface area contributed by atoms with Gasteiger partial charge in [-0.2, -0.15) is 0 Å². The first-order valence-electron chi connectivity index (χ1n) is 10.4. The van der Waals surface area contributed by atoms with Crippen molar-refractivity contribution >= 4 is 0 Å². The van der Waals surface area contributed by atoms with Crippen molar-refractivity contribution in [2.75, 3.05) is 46.3 Å². The zero-order valence-corrected chi connectivity index (χ0v) is 16.0. The average molecular weight is 346 g/mol. The third-order valence-electron chi connectivity index (χ3n) is 7.16. The fraction of sp³-hybridized carbons (Fsp3) is 0.810. The Bertz CT molecular complexity index is 513. The van der Waals surface area contributed by atoms with E-state index >= 15 is 0 Å². The van der Waals surface area contributed by atoms with Gasteiger partial charge in [-0.05, 0) is 95.7 Å². The molecule has 0 saturated carbocycles. The average Bonchev–Trinajstić information content (AvgIpc) is 3.08. The molecule has 4 heterocycles. The molecular formula is C21H35N3O. The molecule has 0 N–H and O–H groups in total. The lowest BCUT2D eigenvalue weighted by Crippen LogP contribution is -2.49. The normalized spacial score (nSPS) is 27.6. The van der Waals surface area contributed by atoms with E-state index in [0.29, 0.717) is 5.41 Å². The Morgan fingerprint density at radius 3 is 2.48 bits per heavy atom. The van der Waals surface area contributed by atoms with Crippen molar-refractivity contribution in [3.05, 3.63) is 24.2 Å². The number of likely N-dealkylation sites (tertiary alicyclic amines) is 3. The molecule has 1 aromatic rings. The highest BCUT2D eigenvalue weighted by atomic mass is 16.3. The minimum absolute atomic E-state index is 0.668. The van der Waals surface area contributed by atoms with Crippen LogP contribution in [0.15, 0.2) is 22.8 Å². The van der Waals surface area contributed by atoms with Gasteiger partial charge in [0, 0.05) is 19.1 Å². The van der Waals surface area contributed by atoms with Crippen LogP contribution in [-0.2, 0) is 6.54 Å². The van der Waals surface area contributed by atoms with Crippen molar-refractivity contribution in [2.24, 2.45) is 5.41 Å². The number of nitrogens with zero attached hydrogens (tertiary/aromatic N) is 3. The summed E-state index contributed by atoms with van der Waals surface area (Å²) in [4.78, 5) is 7.92. The SMILES string of the molecule is CN1CCCC2(CC1)CCN(C1CCN(Cc3ccco3)CC1)CC2. The number of furan rings is 1. The lowest BCUT2D eigenvalue weighted by atomic mass is 9.72. The summed E-state index contributed by atoms with van der Waals surface area (Å²) in [5, 5.41) is 0. The van der Waals surface area contributed by atoms with Gasteiger partial charge in [0.25, 0.3) is 0 Å². The smallest absolute Gasteiger partial charge is 0.117 e. The minimum atomic E-state index is 0.668. The van der Waals surface area contributed by atoms with Crippen LogP contribution in [0.25, 0.3) is 0 Å². The van der Waals surface area contributed by atoms with Crippen molar-refractivity contribution in [1.29, 1.82) is 0 Å². The van der Waals surface area contributed by atoms with Crippen molar-refractivity contribution in [3.8, 4) is 0 Å². The van der Waals surface area contributed by atoms with Gasteiger partial charge in [0.15, 0.2) is 0 Å². The summed E-state index contributed by atoms with van der Waals surface area (Å²) < 4.78 is 5.51. The fourth-order valence-corrected chi connectivity index (χ4v) is 5.32. The van der Waals surface area contributed by atoms with Crippen LogP contribution in [0.3, 0.4) is 0 Å². The molecule has 3 fully saturated rings. The van der Waals surface area contributed by atoms with E-state index in [1.165, 1.54) is 84.2 Å². The molecule has 0 radical (unpaired) electrons. The molecule has 3 aliphatic heterocycles. The number of hydrogen-bond acceptors (Lipinski definition) is 4. The second-order valence-electron chi connectivity index (χ2n) is 8.78. The van der Waals surface area contributed by atoms with E-state index in [2.05, 4.69) is 27.8 Å². The molecule has 4 heteroatoms. The zero-order valence-electron chi connectivity index (χ0n) is 16.0. The second-order valence-corrected chi connectivity index (χ2v) is 8.78. The van der Waals surface area contributed by atoms with E-state index in [0.717, 1.165) is 18.3 Å². The topological polar surface area (TPSA) is 22.9 Å². The second kappa shape index (κ2) is 7.81. The lowest BCUT2D eigenvalue weighted by molar-refractivity contribution is 0.0340. The maximum Gasteiger partial charge on any atom is 0.117 e. The predicted octanol–water partition coefficient (Wildman–Crippen LogP) is 3.44. The van der Waals surface area contributed by atoms with Crippen LogP contribution < -0.4 is 0 Å². The van der Waals surface area contributed by atoms with Crippen LogP contribution in [0.1, 0.15) is 50.7 Å². The molecule has 4 nitrogen and oxygen atoms in total. The summed E-state index contributed by atoms with van der Waals surface area (Å²) in [6, 6.07) is 4.91. The molecule has 3 aliphatic rings.